The Bertz CT molecular complexity index is 673. The van der Waals surface area contributed by atoms with Crippen molar-refractivity contribution in [2.45, 2.75) is 19.4 Å². The van der Waals surface area contributed by atoms with E-state index in [2.05, 4.69) is 28.8 Å². The van der Waals surface area contributed by atoms with Crippen molar-refractivity contribution in [1.29, 1.82) is 0 Å². The lowest BCUT2D eigenvalue weighted by molar-refractivity contribution is 0.0940. The number of amides is 1. The molecule has 2 aromatic carbocycles. The summed E-state index contributed by atoms with van der Waals surface area (Å²) in [4.78, 5) is 12.2. The number of halogens is 2. The van der Waals surface area contributed by atoms with Crippen molar-refractivity contribution in [1.82, 2.24) is 5.32 Å². The van der Waals surface area contributed by atoms with Gasteiger partial charge in [-0.3, -0.25) is 4.79 Å². The maximum absolute atomic E-state index is 12.2. The first kappa shape index (κ1) is 16.8. The minimum absolute atomic E-state index is 0. The predicted molar refractivity (Wildman–Crippen MR) is 96.3 cm³/mol. The van der Waals surface area contributed by atoms with E-state index in [4.69, 9.17) is 11.6 Å². The highest BCUT2D eigenvalue weighted by Crippen LogP contribution is 2.25. The molecule has 0 fully saturated rings. The van der Waals surface area contributed by atoms with Crippen molar-refractivity contribution >= 4 is 40.2 Å². The molecule has 0 saturated carbocycles. The second-order valence-corrected chi connectivity index (χ2v) is 5.73. The number of rotatable bonds is 3. The first-order chi connectivity index (χ1) is 10.1. The summed E-state index contributed by atoms with van der Waals surface area (Å²) in [7, 11) is 0. The van der Waals surface area contributed by atoms with Gasteiger partial charge in [-0.15, -0.1) is 17.0 Å². The van der Waals surface area contributed by atoms with Crippen LogP contribution in [0.15, 0.2) is 42.5 Å². The van der Waals surface area contributed by atoms with E-state index in [0.29, 0.717) is 10.6 Å². The van der Waals surface area contributed by atoms with Crippen LogP contribution in [0.2, 0.25) is 5.02 Å². The van der Waals surface area contributed by atoms with Gasteiger partial charge in [0.15, 0.2) is 0 Å². The van der Waals surface area contributed by atoms with E-state index in [1.165, 1.54) is 11.3 Å². The molecule has 0 aliphatic carbocycles. The van der Waals surface area contributed by atoms with Crippen molar-refractivity contribution in [2.24, 2.45) is 0 Å². The van der Waals surface area contributed by atoms with Crippen LogP contribution < -0.4 is 10.6 Å². The monoisotopic (exact) mass is 380 g/mol. The van der Waals surface area contributed by atoms with E-state index in [9.17, 15) is 4.79 Å². The lowest BCUT2D eigenvalue weighted by Crippen LogP contribution is -2.26. The van der Waals surface area contributed by atoms with Gasteiger partial charge in [0.2, 0.25) is 0 Å². The fraction of sp³-hybridized carbons (Fsp3) is 0.235. The van der Waals surface area contributed by atoms with E-state index >= 15 is 0 Å². The lowest BCUT2D eigenvalue weighted by Gasteiger charge is -2.15. The standard InChI is InChI=1S/C17H17ClN2O.BrH/c1-11(13-4-7-16-14(10-13)8-9-19-16)20-17(21)12-2-5-15(18)6-3-12;/h2-7,10-11,19H,8-9H2,1H3,(H,20,21);1H/t11-;/m0./s1. The smallest absolute Gasteiger partial charge is 0.251 e. The first-order valence-electron chi connectivity index (χ1n) is 7.06. The molecule has 3 rings (SSSR count). The highest BCUT2D eigenvalue weighted by molar-refractivity contribution is 8.93. The van der Waals surface area contributed by atoms with Gasteiger partial charge in [0.25, 0.3) is 5.91 Å². The molecule has 1 heterocycles. The molecule has 1 atom stereocenters. The summed E-state index contributed by atoms with van der Waals surface area (Å²) >= 11 is 5.83. The molecule has 116 valence electrons. The van der Waals surface area contributed by atoms with Crippen LogP contribution in [0.4, 0.5) is 5.69 Å². The van der Waals surface area contributed by atoms with Crippen LogP contribution in [0.3, 0.4) is 0 Å². The number of hydrogen-bond donors (Lipinski definition) is 2. The Morgan fingerprint density at radius 1 is 1.23 bits per heavy atom. The fourth-order valence-corrected chi connectivity index (χ4v) is 2.68. The van der Waals surface area contributed by atoms with Gasteiger partial charge < -0.3 is 10.6 Å². The number of anilines is 1. The average Bonchev–Trinajstić information content (AvgIpc) is 2.95. The number of nitrogens with one attached hydrogen (secondary N) is 2. The van der Waals surface area contributed by atoms with Crippen molar-refractivity contribution in [2.75, 3.05) is 11.9 Å². The number of benzene rings is 2. The summed E-state index contributed by atoms with van der Waals surface area (Å²) < 4.78 is 0. The van der Waals surface area contributed by atoms with Gasteiger partial charge in [-0.2, -0.15) is 0 Å². The number of fused-ring (bicyclic) bond motifs is 1. The molecule has 0 aromatic heterocycles. The maximum Gasteiger partial charge on any atom is 0.251 e. The number of hydrogen-bond acceptors (Lipinski definition) is 2. The molecule has 2 aromatic rings. The highest BCUT2D eigenvalue weighted by atomic mass is 79.9. The van der Waals surface area contributed by atoms with Crippen LogP contribution in [0, 0.1) is 0 Å². The van der Waals surface area contributed by atoms with Gasteiger partial charge >= 0.3 is 0 Å². The Morgan fingerprint density at radius 3 is 2.68 bits per heavy atom. The molecule has 3 nitrogen and oxygen atoms in total. The van der Waals surface area contributed by atoms with Crippen molar-refractivity contribution in [3.63, 3.8) is 0 Å². The molecule has 2 N–H and O–H groups in total. The van der Waals surface area contributed by atoms with Crippen LogP contribution in [-0.4, -0.2) is 12.5 Å². The Labute approximate surface area is 145 Å². The van der Waals surface area contributed by atoms with Crippen molar-refractivity contribution in [3.8, 4) is 0 Å². The van der Waals surface area contributed by atoms with Crippen LogP contribution in [0.5, 0.6) is 0 Å². The number of carbonyl (C=O) groups excluding carboxylic acids is 1. The predicted octanol–water partition coefficient (Wildman–Crippen LogP) is 4.38. The zero-order chi connectivity index (χ0) is 14.8. The lowest BCUT2D eigenvalue weighted by atomic mass is 10.0. The fourth-order valence-electron chi connectivity index (χ4n) is 2.56. The molecule has 0 bridgehead atoms. The molecule has 22 heavy (non-hydrogen) atoms. The third kappa shape index (κ3) is 3.62. The SMILES string of the molecule is Br.C[C@H](NC(=O)c1ccc(Cl)cc1)c1ccc2c(c1)CCN2. The van der Waals surface area contributed by atoms with Crippen molar-refractivity contribution in [3.05, 3.63) is 64.2 Å². The summed E-state index contributed by atoms with van der Waals surface area (Å²) in [5, 5.41) is 6.99. The first-order valence-corrected chi connectivity index (χ1v) is 7.44. The largest absolute Gasteiger partial charge is 0.384 e. The summed E-state index contributed by atoms with van der Waals surface area (Å²) in [5.74, 6) is -0.0854. The van der Waals surface area contributed by atoms with Gasteiger partial charge in [0.05, 0.1) is 6.04 Å². The van der Waals surface area contributed by atoms with Crippen LogP contribution in [0.1, 0.15) is 34.5 Å². The molecular weight excluding hydrogens is 364 g/mol. The van der Waals surface area contributed by atoms with E-state index in [1.807, 2.05) is 6.92 Å². The van der Waals surface area contributed by atoms with Crippen LogP contribution in [-0.2, 0) is 6.42 Å². The Hall–Kier alpha value is -1.52. The second kappa shape index (κ2) is 7.16. The quantitative estimate of drug-likeness (QED) is 0.828. The molecule has 1 amide bonds. The maximum atomic E-state index is 12.2. The number of carbonyl (C=O) groups is 1. The molecule has 1 aliphatic heterocycles. The molecule has 0 unspecified atom stereocenters. The van der Waals surface area contributed by atoms with E-state index < -0.39 is 0 Å². The summed E-state index contributed by atoms with van der Waals surface area (Å²) in [5.41, 5.74) is 4.27. The third-order valence-electron chi connectivity index (χ3n) is 3.79. The molecule has 1 aliphatic rings. The highest BCUT2D eigenvalue weighted by Gasteiger charge is 2.15. The zero-order valence-corrected chi connectivity index (χ0v) is 14.7. The van der Waals surface area contributed by atoms with E-state index in [0.717, 1.165) is 18.5 Å². The molecule has 0 spiro atoms. The van der Waals surface area contributed by atoms with Gasteiger partial charge in [-0.05, 0) is 54.8 Å². The average molecular weight is 382 g/mol. The van der Waals surface area contributed by atoms with Gasteiger partial charge in [0, 0.05) is 22.8 Å². The molecule has 0 radical (unpaired) electrons. The Balaban J connectivity index is 0.00000176. The molecule has 0 saturated heterocycles. The van der Waals surface area contributed by atoms with E-state index in [-0.39, 0.29) is 28.9 Å². The van der Waals surface area contributed by atoms with Crippen LogP contribution >= 0.6 is 28.6 Å². The van der Waals surface area contributed by atoms with Gasteiger partial charge in [0.1, 0.15) is 0 Å². The summed E-state index contributed by atoms with van der Waals surface area (Å²) in [6.07, 6.45) is 1.04. The third-order valence-corrected chi connectivity index (χ3v) is 4.05. The normalized spacial score (nSPS) is 13.5. The minimum atomic E-state index is -0.0854. The van der Waals surface area contributed by atoms with Crippen molar-refractivity contribution < 1.29 is 4.79 Å². The van der Waals surface area contributed by atoms with Gasteiger partial charge in [-0.1, -0.05) is 23.7 Å². The summed E-state index contributed by atoms with van der Waals surface area (Å²) in [6.45, 7) is 2.99. The molecule has 5 heteroatoms. The van der Waals surface area contributed by atoms with Crippen LogP contribution in [0.25, 0.3) is 0 Å². The summed E-state index contributed by atoms with van der Waals surface area (Å²) in [6, 6.07) is 13.2. The topological polar surface area (TPSA) is 41.1 Å². The zero-order valence-electron chi connectivity index (χ0n) is 12.2. The van der Waals surface area contributed by atoms with E-state index in [1.54, 1.807) is 24.3 Å². The Morgan fingerprint density at radius 2 is 1.95 bits per heavy atom. The Kier molecular flexibility index (Phi) is 5.48. The second-order valence-electron chi connectivity index (χ2n) is 5.30. The minimum Gasteiger partial charge on any atom is -0.384 e. The molecular formula is C17H18BrClN2O. The van der Waals surface area contributed by atoms with Gasteiger partial charge in [-0.25, -0.2) is 0 Å².